The van der Waals surface area contributed by atoms with E-state index in [2.05, 4.69) is 20.3 Å². The van der Waals surface area contributed by atoms with Crippen LogP contribution in [0, 0.1) is 17.5 Å². The quantitative estimate of drug-likeness (QED) is 0.206. The minimum Gasteiger partial charge on any atom is -0.466 e. The molecule has 1 aromatic carbocycles. The number of aromatic nitrogens is 3. The minimum atomic E-state index is -1.65. The summed E-state index contributed by atoms with van der Waals surface area (Å²) in [5.41, 5.74) is 8.61. The summed E-state index contributed by atoms with van der Waals surface area (Å²) in [4.78, 5) is 25.5. The number of aliphatic hydroxyl groups excluding tert-OH is 1. The molecule has 0 amide bonds. The SMILES string of the molecule is CC(=O)OCC[C@H]1OC(N=[N+]=[N-])[C@H](O)[C@@H](n2cc(-c3cc(F)c(F)c(F)c3)nn2)[C@H]1OC(C)=O. The van der Waals surface area contributed by atoms with Crippen LogP contribution in [-0.4, -0.2) is 63.2 Å². The van der Waals surface area contributed by atoms with Gasteiger partial charge in [0.15, 0.2) is 29.8 Å². The Kier molecular flexibility index (Phi) is 7.71. The van der Waals surface area contributed by atoms with Gasteiger partial charge in [-0.3, -0.25) is 9.59 Å². The molecule has 2 aromatic rings. The van der Waals surface area contributed by atoms with E-state index in [0.29, 0.717) is 12.1 Å². The van der Waals surface area contributed by atoms with E-state index in [1.54, 1.807) is 0 Å². The second kappa shape index (κ2) is 10.5. The number of nitrogens with zero attached hydrogens (tertiary/aromatic N) is 6. The van der Waals surface area contributed by atoms with Crippen molar-refractivity contribution in [2.24, 2.45) is 5.11 Å². The monoisotopic (exact) mass is 484 g/mol. The summed E-state index contributed by atoms with van der Waals surface area (Å²) in [5.74, 6) is -5.85. The van der Waals surface area contributed by atoms with Crippen molar-refractivity contribution in [3.63, 3.8) is 0 Å². The number of rotatable bonds is 7. The van der Waals surface area contributed by atoms with Crippen LogP contribution in [0.4, 0.5) is 13.2 Å². The zero-order valence-electron chi connectivity index (χ0n) is 17.8. The first-order valence-corrected chi connectivity index (χ1v) is 9.87. The van der Waals surface area contributed by atoms with Crippen molar-refractivity contribution < 1.29 is 42.1 Å². The van der Waals surface area contributed by atoms with Gasteiger partial charge in [0.25, 0.3) is 0 Å². The number of carbonyl (C=O) groups is 2. The van der Waals surface area contributed by atoms with Crippen molar-refractivity contribution in [1.29, 1.82) is 0 Å². The first kappa shape index (κ1) is 25.0. The molecule has 2 heterocycles. The lowest BCUT2D eigenvalue weighted by Gasteiger charge is -2.42. The van der Waals surface area contributed by atoms with Gasteiger partial charge in [-0.2, -0.15) is 0 Å². The Morgan fingerprint density at radius 3 is 2.53 bits per heavy atom. The Hall–Kier alpha value is -3.68. The number of azide groups is 1. The predicted octanol–water partition coefficient (Wildman–Crippen LogP) is 2.18. The topological polar surface area (TPSA) is 162 Å². The van der Waals surface area contributed by atoms with Crippen LogP contribution in [-0.2, 0) is 23.8 Å². The van der Waals surface area contributed by atoms with Crippen molar-refractivity contribution >= 4 is 11.9 Å². The molecule has 1 fully saturated rings. The Balaban J connectivity index is 2.00. The van der Waals surface area contributed by atoms with Gasteiger partial charge in [0.05, 0.1) is 12.8 Å². The van der Waals surface area contributed by atoms with Crippen molar-refractivity contribution in [3.8, 4) is 11.3 Å². The number of hydrogen-bond acceptors (Lipinski definition) is 9. The zero-order valence-corrected chi connectivity index (χ0v) is 17.8. The molecule has 34 heavy (non-hydrogen) atoms. The van der Waals surface area contributed by atoms with Crippen LogP contribution >= 0.6 is 0 Å². The maximum absolute atomic E-state index is 13.7. The summed E-state index contributed by atoms with van der Waals surface area (Å²) in [7, 11) is 0. The van der Waals surface area contributed by atoms with Crippen LogP contribution in [0.25, 0.3) is 21.7 Å². The van der Waals surface area contributed by atoms with Crippen molar-refractivity contribution in [2.75, 3.05) is 6.61 Å². The molecule has 0 spiro atoms. The third-order valence-corrected chi connectivity index (χ3v) is 4.93. The zero-order chi connectivity index (χ0) is 25.0. The Morgan fingerprint density at radius 1 is 1.26 bits per heavy atom. The molecule has 0 saturated carbocycles. The molecule has 1 aromatic heterocycles. The van der Waals surface area contributed by atoms with Crippen LogP contribution < -0.4 is 0 Å². The van der Waals surface area contributed by atoms with E-state index >= 15 is 0 Å². The highest BCUT2D eigenvalue weighted by Gasteiger charge is 2.48. The van der Waals surface area contributed by atoms with Gasteiger partial charge in [-0.25, -0.2) is 17.9 Å². The molecule has 3 rings (SSSR count). The Labute approximate surface area is 189 Å². The van der Waals surface area contributed by atoms with E-state index in [9.17, 15) is 27.9 Å². The molecule has 12 nitrogen and oxygen atoms in total. The third-order valence-electron chi connectivity index (χ3n) is 4.93. The summed E-state index contributed by atoms with van der Waals surface area (Å²) < 4.78 is 57.5. The third kappa shape index (κ3) is 5.44. The Morgan fingerprint density at radius 2 is 1.94 bits per heavy atom. The molecule has 1 N–H and O–H groups in total. The van der Waals surface area contributed by atoms with E-state index in [4.69, 9.17) is 19.7 Å². The summed E-state index contributed by atoms with van der Waals surface area (Å²) in [6.07, 6.45) is -4.10. The van der Waals surface area contributed by atoms with Gasteiger partial charge in [0.1, 0.15) is 23.9 Å². The maximum Gasteiger partial charge on any atom is 0.303 e. The first-order chi connectivity index (χ1) is 16.1. The summed E-state index contributed by atoms with van der Waals surface area (Å²) >= 11 is 0. The van der Waals surface area contributed by atoms with Crippen molar-refractivity contribution in [1.82, 2.24) is 15.0 Å². The van der Waals surface area contributed by atoms with Crippen LogP contribution in [0.3, 0.4) is 0 Å². The van der Waals surface area contributed by atoms with E-state index in [0.717, 1.165) is 11.6 Å². The molecule has 0 aliphatic carbocycles. The fourth-order valence-corrected chi connectivity index (χ4v) is 3.52. The molecule has 1 unspecified atom stereocenters. The number of esters is 2. The first-order valence-electron chi connectivity index (χ1n) is 9.87. The molecule has 182 valence electrons. The van der Waals surface area contributed by atoms with Crippen LogP contribution in [0.2, 0.25) is 0 Å². The molecular formula is C19H19F3N6O6. The van der Waals surface area contributed by atoms with Crippen molar-refractivity contribution in [3.05, 3.63) is 46.2 Å². The summed E-state index contributed by atoms with van der Waals surface area (Å²) in [6, 6.07) is 0.190. The lowest BCUT2D eigenvalue weighted by Crippen LogP contribution is -2.55. The molecule has 1 saturated heterocycles. The van der Waals surface area contributed by atoms with E-state index < -0.39 is 60.0 Å². The smallest absolute Gasteiger partial charge is 0.303 e. The highest BCUT2D eigenvalue weighted by molar-refractivity contribution is 5.66. The normalized spacial score (nSPS) is 24.2. The molecule has 15 heteroatoms. The molecule has 0 radical (unpaired) electrons. The second-order valence-corrected chi connectivity index (χ2v) is 7.29. The molecule has 0 bridgehead atoms. The van der Waals surface area contributed by atoms with Gasteiger partial charge in [-0.1, -0.05) is 10.3 Å². The molecule has 1 aliphatic rings. The fraction of sp³-hybridized carbons (Fsp3) is 0.474. The standard InChI is InChI=1S/C19H19F3N6O6/c1-8(29)32-4-3-14-18(33-9(2)30)16(17(31)19(34-14)25-26-23)28-7-13(24-27-28)10-5-11(20)15(22)12(21)6-10/h5-7,14,16-19,31H,3-4H2,1-2H3/t14-,16-,17-,18+,19?/m1/s1. The summed E-state index contributed by atoms with van der Waals surface area (Å²) in [6.45, 7) is 2.17. The van der Waals surface area contributed by atoms with Gasteiger partial charge < -0.3 is 19.3 Å². The number of hydrogen-bond donors (Lipinski definition) is 1. The molecule has 5 atom stereocenters. The average Bonchev–Trinajstić information content (AvgIpc) is 3.24. The van der Waals surface area contributed by atoms with Crippen molar-refractivity contribution in [2.45, 2.75) is 50.8 Å². The lowest BCUT2D eigenvalue weighted by atomic mass is 9.93. The van der Waals surface area contributed by atoms with Gasteiger partial charge in [-0.05, 0) is 17.7 Å². The van der Waals surface area contributed by atoms with E-state index in [-0.39, 0.29) is 24.3 Å². The van der Waals surface area contributed by atoms with Gasteiger partial charge in [0.2, 0.25) is 0 Å². The summed E-state index contributed by atoms with van der Waals surface area (Å²) in [5, 5.41) is 21.9. The highest BCUT2D eigenvalue weighted by atomic mass is 19.2. The minimum absolute atomic E-state index is 0.00582. The second-order valence-electron chi connectivity index (χ2n) is 7.29. The lowest BCUT2D eigenvalue weighted by molar-refractivity contribution is -0.213. The number of aliphatic hydroxyl groups is 1. The maximum atomic E-state index is 13.7. The predicted molar refractivity (Wildman–Crippen MR) is 105 cm³/mol. The average molecular weight is 484 g/mol. The Bertz CT molecular complexity index is 1100. The number of ether oxygens (including phenoxy) is 3. The fourth-order valence-electron chi connectivity index (χ4n) is 3.52. The van der Waals surface area contributed by atoms with Gasteiger partial charge in [-0.15, -0.1) is 5.10 Å². The highest BCUT2D eigenvalue weighted by Crippen LogP contribution is 2.35. The number of carbonyl (C=O) groups excluding carboxylic acids is 2. The number of benzene rings is 1. The largest absolute Gasteiger partial charge is 0.466 e. The van der Waals surface area contributed by atoms with Crippen LogP contribution in [0.5, 0.6) is 0 Å². The molecular weight excluding hydrogens is 465 g/mol. The van der Waals surface area contributed by atoms with Crippen LogP contribution in [0.1, 0.15) is 26.3 Å². The number of halogens is 3. The molecule has 1 aliphatic heterocycles. The van der Waals surface area contributed by atoms with Gasteiger partial charge >= 0.3 is 11.9 Å². The van der Waals surface area contributed by atoms with E-state index in [1.807, 2.05) is 0 Å². The van der Waals surface area contributed by atoms with E-state index in [1.165, 1.54) is 13.1 Å². The van der Waals surface area contributed by atoms with Crippen LogP contribution in [0.15, 0.2) is 23.4 Å². The van der Waals surface area contributed by atoms with Gasteiger partial charge in [0, 0.05) is 30.7 Å².